The fourth-order valence-corrected chi connectivity index (χ4v) is 5.96. The number of ether oxygens (including phenoxy) is 3. The van der Waals surface area contributed by atoms with Gasteiger partial charge >= 0.3 is 18.2 Å². The molecule has 5 N–H and O–H groups in total. The van der Waals surface area contributed by atoms with Crippen molar-refractivity contribution in [1.29, 1.82) is 0 Å². The van der Waals surface area contributed by atoms with Gasteiger partial charge in [-0.3, -0.25) is 15.0 Å². The van der Waals surface area contributed by atoms with Gasteiger partial charge in [0.15, 0.2) is 0 Å². The minimum atomic E-state index is -1.02. The lowest BCUT2D eigenvalue weighted by Gasteiger charge is -2.36. The molecule has 0 radical (unpaired) electrons. The van der Waals surface area contributed by atoms with Crippen molar-refractivity contribution in [2.75, 3.05) is 27.3 Å². The van der Waals surface area contributed by atoms with Crippen LogP contribution in [0.4, 0.5) is 9.59 Å². The Balaban J connectivity index is 2.03. The van der Waals surface area contributed by atoms with Crippen LogP contribution < -0.4 is 21.4 Å². The van der Waals surface area contributed by atoms with E-state index in [2.05, 4.69) is 31.3 Å². The van der Waals surface area contributed by atoms with Crippen LogP contribution in [-0.2, 0) is 30.2 Å². The Morgan fingerprint density at radius 2 is 1.46 bits per heavy atom. The van der Waals surface area contributed by atoms with E-state index in [1.165, 1.54) is 26.7 Å². The Bertz CT molecular complexity index is 1370. The molecule has 0 aliphatic heterocycles. The van der Waals surface area contributed by atoms with Gasteiger partial charge in [0.05, 0.1) is 39.3 Å². The van der Waals surface area contributed by atoms with Crippen LogP contribution in [-0.4, -0.2) is 96.5 Å². The molecule has 50 heavy (non-hydrogen) atoms. The maximum absolute atomic E-state index is 13.9. The number of aromatic amines is 1. The van der Waals surface area contributed by atoms with E-state index in [0.29, 0.717) is 6.54 Å². The summed E-state index contributed by atoms with van der Waals surface area (Å²) in [6.45, 7) is 7.62. The van der Waals surface area contributed by atoms with Crippen LogP contribution in [0.1, 0.15) is 75.9 Å². The highest BCUT2D eigenvalue weighted by Gasteiger charge is 2.35. The Labute approximate surface area is 293 Å². The third-order valence-corrected chi connectivity index (χ3v) is 8.74. The van der Waals surface area contributed by atoms with Crippen molar-refractivity contribution in [1.82, 2.24) is 36.4 Å². The zero-order chi connectivity index (χ0) is 36.6. The average Bonchev–Trinajstić information content (AvgIpc) is 3.65. The van der Waals surface area contributed by atoms with Gasteiger partial charge in [-0.05, 0) is 42.6 Å². The van der Waals surface area contributed by atoms with Crippen molar-refractivity contribution in [3.63, 3.8) is 0 Å². The number of alkyl carbamates (subject to hydrolysis) is 2. The topological polar surface area (TPSA) is 193 Å². The SMILES string of the molecule is COC(=O)N[C@H](C(=O)NC(Cc1ccccc1)C(CN(CC1CCCCC1)NC(=O)[C@@H](NC(=O)OC)C(C)C)OC(=O)c1cnc[nH]1)C(C)C. The number of nitrogens with one attached hydrogen (secondary N) is 5. The van der Waals surface area contributed by atoms with E-state index in [0.717, 1.165) is 37.7 Å². The van der Waals surface area contributed by atoms with E-state index in [-0.39, 0.29) is 36.4 Å². The number of H-pyrrole nitrogens is 1. The molecule has 1 aliphatic rings. The normalized spacial score (nSPS) is 15.8. The van der Waals surface area contributed by atoms with Crippen LogP contribution in [0.2, 0.25) is 0 Å². The molecule has 1 aromatic heterocycles. The first-order valence-electron chi connectivity index (χ1n) is 17.2. The van der Waals surface area contributed by atoms with Crippen molar-refractivity contribution in [3.05, 3.63) is 54.1 Å². The number of rotatable bonds is 17. The quantitative estimate of drug-likeness (QED) is 0.0929. The summed E-state index contributed by atoms with van der Waals surface area (Å²) in [6.07, 6.45) is 5.58. The van der Waals surface area contributed by atoms with Gasteiger partial charge in [-0.1, -0.05) is 77.3 Å². The third-order valence-electron chi connectivity index (χ3n) is 8.74. The second kappa shape index (κ2) is 20.1. The molecule has 0 saturated heterocycles. The molecule has 2 aromatic rings. The number of benzene rings is 1. The fourth-order valence-electron chi connectivity index (χ4n) is 5.96. The van der Waals surface area contributed by atoms with Crippen molar-refractivity contribution >= 4 is 30.0 Å². The number of methoxy groups -OCH3 is 2. The van der Waals surface area contributed by atoms with Gasteiger partial charge in [0.25, 0.3) is 5.91 Å². The van der Waals surface area contributed by atoms with E-state index in [1.54, 1.807) is 32.7 Å². The summed E-state index contributed by atoms with van der Waals surface area (Å²) in [5, 5.41) is 9.96. The molecule has 4 amide bonds. The highest BCUT2D eigenvalue weighted by atomic mass is 16.6. The summed E-state index contributed by atoms with van der Waals surface area (Å²) >= 11 is 0. The molecular weight excluding hydrogens is 646 g/mol. The smallest absolute Gasteiger partial charge is 0.407 e. The second-order valence-electron chi connectivity index (χ2n) is 13.3. The maximum Gasteiger partial charge on any atom is 0.407 e. The van der Waals surface area contributed by atoms with Crippen LogP contribution in [0.3, 0.4) is 0 Å². The van der Waals surface area contributed by atoms with E-state index < -0.39 is 54.2 Å². The summed E-state index contributed by atoms with van der Waals surface area (Å²) in [6, 6.07) is 6.70. The number of esters is 1. The van der Waals surface area contributed by atoms with E-state index >= 15 is 0 Å². The molecule has 276 valence electrons. The van der Waals surface area contributed by atoms with Gasteiger partial charge in [0.1, 0.15) is 23.9 Å². The molecule has 4 atom stereocenters. The first kappa shape index (κ1) is 39.8. The highest BCUT2D eigenvalue weighted by molar-refractivity contribution is 5.88. The second-order valence-corrected chi connectivity index (χ2v) is 13.3. The summed E-state index contributed by atoms with van der Waals surface area (Å²) in [5.74, 6) is -2.01. The summed E-state index contributed by atoms with van der Waals surface area (Å²) in [4.78, 5) is 72.1. The van der Waals surface area contributed by atoms with E-state index in [1.807, 2.05) is 30.3 Å². The van der Waals surface area contributed by atoms with Gasteiger partial charge in [-0.15, -0.1) is 0 Å². The monoisotopic (exact) mass is 699 g/mol. The Kier molecular flexibility index (Phi) is 16.0. The molecule has 15 nitrogen and oxygen atoms in total. The third kappa shape index (κ3) is 12.7. The zero-order valence-electron chi connectivity index (χ0n) is 29.9. The molecule has 15 heteroatoms. The first-order valence-corrected chi connectivity index (χ1v) is 17.2. The van der Waals surface area contributed by atoms with Crippen molar-refractivity contribution < 1.29 is 38.2 Å². The first-order chi connectivity index (χ1) is 23.9. The minimum Gasteiger partial charge on any atom is -0.454 e. The lowest BCUT2D eigenvalue weighted by atomic mass is 9.89. The molecule has 1 saturated carbocycles. The van der Waals surface area contributed by atoms with Crippen LogP contribution in [0, 0.1) is 17.8 Å². The van der Waals surface area contributed by atoms with Crippen molar-refractivity contribution in [3.8, 4) is 0 Å². The number of nitrogens with zero attached hydrogens (tertiary/aromatic N) is 2. The molecule has 2 unspecified atom stereocenters. The van der Waals surface area contributed by atoms with Crippen molar-refractivity contribution in [2.45, 2.75) is 90.4 Å². The summed E-state index contributed by atoms with van der Waals surface area (Å²) in [5.41, 5.74) is 3.95. The molecule has 0 spiro atoms. The predicted octanol–water partition coefficient (Wildman–Crippen LogP) is 3.34. The standard InChI is InChI=1S/C35H53N7O8/c1-22(2)29(39-34(46)48-5)31(43)38-26(17-24-13-9-7-10-14-24)28(50-33(45)27-18-36-21-37-27)20-42(19-25-15-11-8-12-16-25)41-32(44)30(23(3)4)40-35(47)49-6/h7,9-10,13-14,18,21-23,25-26,28-30H,8,11-12,15-17,19-20H2,1-6H3,(H,36,37)(H,38,43)(H,39,46)(H,40,47)(H,41,44)/t26?,28?,29-,30-/m0/s1. The van der Waals surface area contributed by atoms with Crippen LogP contribution >= 0.6 is 0 Å². The van der Waals surface area contributed by atoms with Gasteiger partial charge < -0.3 is 35.1 Å². The Hall–Kier alpha value is -4.66. The Morgan fingerprint density at radius 3 is 2.00 bits per heavy atom. The lowest BCUT2D eigenvalue weighted by molar-refractivity contribution is -0.131. The Morgan fingerprint density at radius 1 is 0.860 bits per heavy atom. The fraction of sp³-hybridized carbons (Fsp3) is 0.600. The minimum absolute atomic E-state index is 0.0142. The predicted molar refractivity (Wildman–Crippen MR) is 184 cm³/mol. The van der Waals surface area contributed by atoms with Gasteiger partial charge in [-0.25, -0.2) is 24.4 Å². The molecular formula is C35H53N7O8. The number of hydrogen-bond donors (Lipinski definition) is 5. The molecule has 1 aromatic carbocycles. The number of hydrazine groups is 1. The number of hydrogen-bond acceptors (Lipinski definition) is 10. The van der Waals surface area contributed by atoms with Crippen LogP contribution in [0.5, 0.6) is 0 Å². The van der Waals surface area contributed by atoms with Crippen LogP contribution in [0.25, 0.3) is 0 Å². The number of carbonyl (C=O) groups is 5. The highest BCUT2D eigenvalue weighted by Crippen LogP contribution is 2.25. The number of amides is 4. The van der Waals surface area contributed by atoms with Crippen LogP contribution in [0.15, 0.2) is 42.9 Å². The number of imidazole rings is 1. The number of carbonyl (C=O) groups excluding carboxylic acids is 5. The molecule has 1 heterocycles. The molecule has 1 aliphatic carbocycles. The lowest BCUT2D eigenvalue weighted by Crippen LogP contribution is -2.60. The zero-order valence-corrected chi connectivity index (χ0v) is 29.9. The van der Waals surface area contributed by atoms with E-state index in [4.69, 9.17) is 14.2 Å². The largest absolute Gasteiger partial charge is 0.454 e. The molecule has 1 fully saturated rings. The van der Waals surface area contributed by atoms with Gasteiger partial charge in [0, 0.05) is 6.54 Å². The average molecular weight is 700 g/mol. The number of aromatic nitrogens is 2. The van der Waals surface area contributed by atoms with Gasteiger partial charge in [-0.2, -0.15) is 0 Å². The summed E-state index contributed by atoms with van der Waals surface area (Å²) in [7, 11) is 2.44. The molecule has 3 rings (SSSR count). The summed E-state index contributed by atoms with van der Waals surface area (Å²) < 4.78 is 15.7. The van der Waals surface area contributed by atoms with Gasteiger partial charge in [0.2, 0.25) is 5.91 Å². The van der Waals surface area contributed by atoms with E-state index in [9.17, 15) is 24.0 Å². The van der Waals surface area contributed by atoms with Crippen molar-refractivity contribution in [2.24, 2.45) is 17.8 Å². The maximum atomic E-state index is 13.9. The molecule has 0 bridgehead atoms.